The molecule has 166 valence electrons. The van der Waals surface area contributed by atoms with Gasteiger partial charge < -0.3 is 10.6 Å². The lowest BCUT2D eigenvalue weighted by Gasteiger charge is -2.15. The number of imide groups is 1. The number of nitrogens with one attached hydrogen (secondary N) is 2. The van der Waals surface area contributed by atoms with Crippen LogP contribution in [0.2, 0.25) is 0 Å². The van der Waals surface area contributed by atoms with E-state index in [-0.39, 0.29) is 22.9 Å². The number of carbonyl (C=O) groups is 3. The molecule has 0 fully saturated rings. The summed E-state index contributed by atoms with van der Waals surface area (Å²) in [6, 6.07) is 16.5. The summed E-state index contributed by atoms with van der Waals surface area (Å²) < 4.78 is 27.3. The second-order valence-corrected chi connectivity index (χ2v) is 7.54. The molecule has 0 radical (unpaired) electrons. The van der Waals surface area contributed by atoms with E-state index in [2.05, 4.69) is 10.6 Å². The van der Waals surface area contributed by atoms with Crippen molar-refractivity contribution in [2.24, 2.45) is 0 Å². The fraction of sp³-hybridized carbons (Fsp3) is 0.0800. The molecule has 4 rings (SSSR count). The van der Waals surface area contributed by atoms with E-state index < -0.39 is 23.4 Å². The van der Waals surface area contributed by atoms with Crippen LogP contribution in [-0.4, -0.2) is 17.7 Å². The van der Waals surface area contributed by atoms with Gasteiger partial charge in [-0.05, 0) is 48.9 Å². The van der Waals surface area contributed by atoms with E-state index in [1.54, 1.807) is 48.5 Å². The Balaban J connectivity index is 1.75. The zero-order valence-electron chi connectivity index (χ0n) is 17.8. The van der Waals surface area contributed by atoms with Crippen molar-refractivity contribution in [3.63, 3.8) is 0 Å². The van der Waals surface area contributed by atoms with E-state index >= 15 is 0 Å². The number of benzene rings is 3. The third kappa shape index (κ3) is 4.36. The van der Waals surface area contributed by atoms with Crippen LogP contribution in [0.4, 0.5) is 25.8 Å². The van der Waals surface area contributed by atoms with Crippen LogP contribution in [0, 0.1) is 18.6 Å². The SMILES string of the molecule is CC(=O)Nc1ccc(NC2=C(c3ccc(C)cc3)C(=O)N(c3ccc(F)c(F)c3)C2=O)cc1. The average Bonchev–Trinajstić information content (AvgIpc) is 3.01. The molecule has 8 heteroatoms. The van der Waals surface area contributed by atoms with Crippen LogP contribution in [0.3, 0.4) is 0 Å². The van der Waals surface area contributed by atoms with Gasteiger partial charge in [0.1, 0.15) is 5.70 Å². The fourth-order valence-electron chi connectivity index (χ4n) is 3.48. The lowest BCUT2D eigenvalue weighted by atomic mass is 10.0. The number of nitrogens with zero attached hydrogens (tertiary/aromatic N) is 1. The van der Waals surface area contributed by atoms with Crippen molar-refractivity contribution in [3.8, 4) is 0 Å². The number of anilines is 3. The third-order valence-corrected chi connectivity index (χ3v) is 5.06. The monoisotopic (exact) mass is 447 g/mol. The van der Waals surface area contributed by atoms with E-state index in [4.69, 9.17) is 0 Å². The van der Waals surface area contributed by atoms with E-state index in [1.807, 2.05) is 6.92 Å². The predicted molar refractivity (Wildman–Crippen MR) is 121 cm³/mol. The molecule has 3 aromatic carbocycles. The van der Waals surface area contributed by atoms with Gasteiger partial charge >= 0.3 is 0 Å². The standard InChI is InChI=1S/C25H19F2N3O3/c1-14-3-5-16(6-4-14)22-23(29-18-9-7-17(8-10-18)28-15(2)31)25(33)30(24(22)32)19-11-12-20(26)21(27)13-19/h3-13,29H,1-2H3,(H,28,31). The first-order chi connectivity index (χ1) is 15.7. The highest BCUT2D eigenvalue weighted by Crippen LogP contribution is 2.34. The highest BCUT2D eigenvalue weighted by molar-refractivity contribution is 6.46. The summed E-state index contributed by atoms with van der Waals surface area (Å²) in [4.78, 5) is 38.6. The van der Waals surface area contributed by atoms with Crippen LogP contribution in [0.1, 0.15) is 18.1 Å². The number of aryl methyl sites for hydroxylation is 1. The molecular formula is C25H19F2N3O3. The molecule has 3 aromatic rings. The van der Waals surface area contributed by atoms with Crippen LogP contribution < -0.4 is 15.5 Å². The Morgan fingerprint density at radius 3 is 2.06 bits per heavy atom. The number of rotatable bonds is 5. The molecular weight excluding hydrogens is 428 g/mol. The van der Waals surface area contributed by atoms with Crippen LogP contribution in [-0.2, 0) is 14.4 Å². The van der Waals surface area contributed by atoms with Crippen molar-refractivity contribution in [3.05, 3.63) is 95.2 Å². The second-order valence-electron chi connectivity index (χ2n) is 7.54. The second kappa shape index (κ2) is 8.66. The first-order valence-electron chi connectivity index (χ1n) is 10.0. The van der Waals surface area contributed by atoms with Gasteiger partial charge in [0, 0.05) is 24.4 Å². The van der Waals surface area contributed by atoms with Crippen LogP contribution in [0.15, 0.2) is 72.4 Å². The smallest absolute Gasteiger partial charge is 0.282 e. The summed E-state index contributed by atoms with van der Waals surface area (Å²) >= 11 is 0. The molecule has 0 spiro atoms. The molecule has 0 saturated carbocycles. The van der Waals surface area contributed by atoms with Crippen molar-refractivity contribution < 1.29 is 23.2 Å². The number of amides is 3. The van der Waals surface area contributed by atoms with Crippen LogP contribution >= 0.6 is 0 Å². The Kier molecular flexibility index (Phi) is 5.74. The highest BCUT2D eigenvalue weighted by atomic mass is 19.2. The largest absolute Gasteiger partial charge is 0.350 e. The molecule has 0 aliphatic carbocycles. The minimum Gasteiger partial charge on any atom is -0.350 e. The summed E-state index contributed by atoms with van der Waals surface area (Å²) in [6.07, 6.45) is 0. The lowest BCUT2D eigenvalue weighted by Crippen LogP contribution is -2.32. The van der Waals surface area contributed by atoms with Gasteiger partial charge in [0.05, 0.1) is 11.3 Å². The Labute approximate surface area is 188 Å². The van der Waals surface area contributed by atoms with Gasteiger partial charge in [-0.15, -0.1) is 0 Å². The summed E-state index contributed by atoms with van der Waals surface area (Å²) in [5.41, 5.74) is 2.57. The van der Waals surface area contributed by atoms with E-state index in [0.29, 0.717) is 16.9 Å². The van der Waals surface area contributed by atoms with Crippen molar-refractivity contribution in [1.82, 2.24) is 0 Å². The maximum absolute atomic E-state index is 13.8. The molecule has 0 bridgehead atoms. The summed E-state index contributed by atoms with van der Waals surface area (Å²) in [5, 5.41) is 5.62. The maximum atomic E-state index is 13.8. The van der Waals surface area contributed by atoms with E-state index in [9.17, 15) is 23.2 Å². The van der Waals surface area contributed by atoms with Gasteiger partial charge in [0.2, 0.25) is 5.91 Å². The average molecular weight is 447 g/mol. The lowest BCUT2D eigenvalue weighted by molar-refractivity contribution is -0.120. The minimum absolute atomic E-state index is 0.000799. The summed E-state index contributed by atoms with van der Waals surface area (Å²) in [6.45, 7) is 3.28. The number of hydrogen-bond donors (Lipinski definition) is 2. The molecule has 0 aromatic heterocycles. The quantitative estimate of drug-likeness (QED) is 0.559. The molecule has 1 aliphatic rings. The molecule has 0 atom stereocenters. The van der Waals surface area contributed by atoms with Gasteiger partial charge in [0.25, 0.3) is 11.8 Å². The number of hydrogen-bond acceptors (Lipinski definition) is 4. The van der Waals surface area contributed by atoms with Gasteiger partial charge in [-0.25, -0.2) is 13.7 Å². The molecule has 1 aliphatic heterocycles. The van der Waals surface area contributed by atoms with Crippen LogP contribution in [0.25, 0.3) is 5.57 Å². The van der Waals surface area contributed by atoms with E-state index in [0.717, 1.165) is 22.6 Å². The molecule has 33 heavy (non-hydrogen) atoms. The summed E-state index contributed by atoms with van der Waals surface area (Å²) in [7, 11) is 0. The van der Waals surface area contributed by atoms with Crippen molar-refractivity contribution in [2.75, 3.05) is 15.5 Å². The Morgan fingerprint density at radius 2 is 1.45 bits per heavy atom. The van der Waals surface area contributed by atoms with Crippen molar-refractivity contribution >= 4 is 40.4 Å². The zero-order chi connectivity index (χ0) is 23.7. The molecule has 1 heterocycles. The first kappa shape index (κ1) is 21.9. The third-order valence-electron chi connectivity index (χ3n) is 5.06. The molecule has 0 unspecified atom stereocenters. The number of carbonyl (C=O) groups excluding carboxylic acids is 3. The van der Waals surface area contributed by atoms with Crippen molar-refractivity contribution in [1.29, 1.82) is 0 Å². The summed E-state index contributed by atoms with van der Waals surface area (Å²) in [5.74, 6) is -3.83. The fourth-order valence-corrected chi connectivity index (χ4v) is 3.48. The topological polar surface area (TPSA) is 78.5 Å². The Hall–Kier alpha value is -4.33. The molecule has 0 saturated heterocycles. The van der Waals surface area contributed by atoms with Gasteiger partial charge in [-0.1, -0.05) is 29.8 Å². The van der Waals surface area contributed by atoms with Gasteiger partial charge in [-0.2, -0.15) is 0 Å². The zero-order valence-corrected chi connectivity index (χ0v) is 17.8. The molecule has 2 N–H and O–H groups in total. The maximum Gasteiger partial charge on any atom is 0.282 e. The van der Waals surface area contributed by atoms with Crippen LogP contribution in [0.5, 0.6) is 0 Å². The predicted octanol–water partition coefficient (Wildman–Crippen LogP) is 4.63. The Bertz CT molecular complexity index is 1300. The minimum atomic E-state index is -1.17. The van der Waals surface area contributed by atoms with E-state index in [1.165, 1.54) is 13.0 Å². The Morgan fingerprint density at radius 1 is 0.818 bits per heavy atom. The number of halogens is 2. The highest BCUT2D eigenvalue weighted by Gasteiger charge is 2.40. The van der Waals surface area contributed by atoms with Gasteiger partial charge in [0.15, 0.2) is 11.6 Å². The van der Waals surface area contributed by atoms with Crippen molar-refractivity contribution in [2.45, 2.75) is 13.8 Å². The first-order valence-corrected chi connectivity index (χ1v) is 10.0. The van der Waals surface area contributed by atoms with Gasteiger partial charge in [-0.3, -0.25) is 14.4 Å². The normalized spacial score (nSPS) is 13.5. The molecule has 3 amide bonds. The molecule has 6 nitrogen and oxygen atoms in total.